The number of carbonyl (C=O) groups is 2. The lowest BCUT2D eigenvalue weighted by Gasteiger charge is -2.25. The van der Waals surface area contributed by atoms with Crippen LogP contribution >= 0.6 is 0 Å². The van der Waals surface area contributed by atoms with E-state index in [0.29, 0.717) is 16.8 Å². The van der Waals surface area contributed by atoms with Gasteiger partial charge < -0.3 is 14.9 Å². The maximum Gasteiger partial charge on any atom is 0.300 e. The third kappa shape index (κ3) is 3.18. The van der Waals surface area contributed by atoms with Crippen LogP contribution in [0.5, 0.6) is 11.5 Å². The molecule has 0 radical (unpaired) electrons. The Labute approximate surface area is 173 Å². The van der Waals surface area contributed by atoms with Crippen molar-refractivity contribution in [2.45, 2.75) is 6.04 Å². The van der Waals surface area contributed by atoms with E-state index in [-0.39, 0.29) is 22.8 Å². The molecule has 1 saturated heterocycles. The van der Waals surface area contributed by atoms with Crippen LogP contribution in [0.2, 0.25) is 0 Å². The summed E-state index contributed by atoms with van der Waals surface area (Å²) in [6.07, 6.45) is 0. The number of phenolic OH excluding ortho intramolecular Hbond substituents is 1. The Morgan fingerprint density at radius 3 is 2.20 bits per heavy atom. The van der Waals surface area contributed by atoms with E-state index in [1.165, 1.54) is 18.1 Å². The molecule has 0 aromatic heterocycles. The molecule has 4 rings (SSSR count). The van der Waals surface area contributed by atoms with Crippen LogP contribution in [0.4, 0.5) is 5.69 Å². The van der Waals surface area contributed by atoms with Crippen molar-refractivity contribution in [2.24, 2.45) is 0 Å². The molecule has 0 bridgehead atoms. The highest BCUT2D eigenvalue weighted by Gasteiger charge is 2.47. The average Bonchev–Trinajstić information content (AvgIpc) is 3.05. The number of nitrogens with zero attached hydrogens (tertiary/aromatic N) is 1. The van der Waals surface area contributed by atoms with Crippen LogP contribution in [-0.4, -0.2) is 29.0 Å². The Bertz CT molecular complexity index is 1140. The van der Waals surface area contributed by atoms with Gasteiger partial charge in [-0.15, -0.1) is 0 Å². The summed E-state index contributed by atoms with van der Waals surface area (Å²) in [6.45, 7) is 0. The summed E-state index contributed by atoms with van der Waals surface area (Å²) in [5, 5.41) is 21.0. The van der Waals surface area contributed by atoms with Crippen molar-refractivity contribution in [1.82, 2.24) is 0 Å². The van der Waals surface area contributed by atoms with Gasteiger partial charge in [-0.25, -0.2) is 0 Å². The van der Waals surface area contributed by atoms with Crippen molar-refractivity contribution in [2.75, 3.05) is 12.0 Å². The first kappa shape index (κ1) is 19.3. The third-order valence-electron chi connectivity index (χ3n) is 5.05. The van der Waals surface area contributed by atoms with Gasteiger partial charge in [0.2, 0.25) is 0 Å². The van der Waals surface area contributed by atoms with E-state index < -0.39 is 17.7 Å². The summed E-state index contributed by atoms with van der Waals surface area (Å²) in [7, 11) is 1.41. The number of benzene rings is 3. The lowest BCUT2D eigenvalue weighted by Crippen LogP contribution is -2.29. The Hall–Kier alpha value is -4.06. The number of ether oxygens (including phenoxy) is 1. The number of anilines is 1. The van der Waals surface area contributed by atoms with E-state index in [1.807, 2.05) is 6.07 Å². The van der Waals surface area contributed by atoms with Crippen molar-refractivity contribution < 1.29 is 24.5 Å². The van der Waals surface area contributed by atoms with Crippen LogP contribution in [-0.2, 0) is 9.59 Å². The van der Waals surface area contributed by atoms with E-state index in [4.69, 9.17) is 4.74 Å². The van der Waals surface area contributed by atoms with Crippen LogP contribution in [0.15, 0.2) is 84.4 Å². The molecule has 1 atom stereocenters. The zero-order valence-electron chi connectivity index (χ0n) is 16.1. The molecular formula is C24H19NO5. The second-order valence-corrected chi connectivity index (χ2v) is 6.80. The summed E-state index contributed by atoms with van der Waals surface area (Å²) >= 11 is 0. The molecule has 1 aliphatic heterocycles. The van der Waals surface area contributed by atoms with E-state index in [2.05, 4.69) is 0 Å². The highest BCUT2D eigenvalue weighted by Crippen LogP contribution is 2.43. The number of para-hydroxylation sites is 1. The number of Topliss-reactive ketones (excluding diaryl/α,β-unsaturated/α-hetero) is 1. The monoisotopic (exact) mass is 401 g/mol. The van der Waals surface area contributed by atoms with Gasteiger partial charge in [0.15, 0.2) is 11.5 Å². The van der Waals surface area contributed by atoms with Crippen LogP contribution in [0.1, 0.15) is 17.2 Å². The summed E-state index contributed by atoms with van der Waals surface area (Å²) in [4.78, 5) is 27.4. The number of aromatic hydroxyl groups is 1. The third-order valence-corrected chi connectivity index (χ3v) is 5.05. The summed E-state index contributed by atoms with van der Waals surface area (Å²) in [6, 6.07) is 21.1. The molecule has 6 heteroatoms. The number of hydrogen-bond donors (Lipinski definition) is 2. The van der Waals surface area contributed by atoms with Crippen LogP contribution in [0, 0.1) is 0 Å². The van der Waals surface area contributed by atoms with Crippen molar-refractivity contribution in [3.05, 3.63) is 95.6 Å². The normalized spacial score (nSPS) is 17.9. The fraction of sp³-hybridized carbons (Fsp3) is 0.0833. The zero-order chi connectivity index (χ0) is 21.3. The molecule has 2 N–H and O–H groups in total. The maximum atomic E-state index is 13.0. The number of carbonyl (C=O) groups excluding carboxylic acids is 2. The summed E-state index contributed by atoms with van der Waals surface area (Å²) in [5.74, 6) is -1.65. The van der Waals surface area contributed by atoms with E-state index in [1.54, 1.807) is 66.7 Å². The van der Waals surface area contributed by atoms with Gasteiger partial charge in [0, 0.05) is 11.3 Å². The first-order valence-corrected chi connectivity index (χ1v) is 9.31. The average molecular weight is 401 g/mol. The number of methoxy groups -OCH3 is 1. The molecule has 3 aromatic rings. The molecule has 0 spiro atoms. The molecule has 1 unspecified atom stereocenters. The molecule has 1 aliphatic rings. The Kier molecular flexibility index (Phi) is 4.98. The quantitative estimate of drug-likeness (QED) is 0.392. The molecule has 30 heavy (non-hydrogen) atoms. The predicted octanol–water partition coefficient (Wildman–Crippen LogP) is 4.03. The standard InChI is InChI=1S/C24H19NO5/c1-30-19-14-16(12-13-18(19)26)21-20(22(27)15-8-4-2-5-9-15)23(28)24(29)25(21)17-10-6-3-7-11-17/h2-14,21,26-27H,1H3. The lowest BCUT2D eigenvalue weighted by atomic mass is 9.95. The smallest absolute Gasteiger partial charge is 0.300 e. The lowest BCUT2D eigenvalue weighted by molar-refractivity contribution is -0.132. The summed E-state index contributed by atoms with van der Waals surface area (Å²) in [5.41, 5.74) is 1.44. The van der Waals surface area contributed by atoms with Crippen molar-refractivity contribution >= 4 is 23.1 Å². The molecular weight excluding hydrogens is 382 g/mol. The molecule has 1 amide bonds. The largest absolute Gasteiger partial charge is 0.507 e. The molecule has 3 aromatic carbocycles. The van der Waals surface area contributed by atoms with Crippen molar-refractivity contribution in [3.8, 4) is 11.5 Å². The van der Waals surface area contributed by atoms with Gasteiger partial charge in [-0.2, -0.15) is 0 Å². The maximum absolute atomic E-state index is 13.0. The Morgan fingerprint density at radius 1 is 0.933 bits per heavy atom. The zero-order valence-corrected chi connectivity index (χ0v) is 16.1. The number of phenols is 1. The predicted molar refractivity (Wildman–Crippen MR) is 112 cm³/mol. The number of hydrogen-bond acceptors (Lipinski definition) is 5. The van der Waals surface area contributed by atoms with E-state index in [0.717, 1.165) is 0 Å². The second-order valence-electron chi connectivity index (χ2n) is 6.80. The second kappa shape index (κ2) is 7.75. The minimum Gasteiger partial charge on any atom is -0.507 e. The number of aliphatic hydroxyl groups is 1. The fourth-order valence-corrected chi connectivity index (χ4v) is 3.62. The summed E-state index contributed by atoms with van der Waals surface area (Å²) < 4.78 is 5.20. The Balaban J connectivity index is 1.97. The minimum atomic E-state index is -0.887. The molecule has 150 valence electrons. The number of ketones is 1. The number of aliphatic hydroxyl groups excluding tert-OH is 1. The van der Waals surface area contributed by atoms with Crippen LogP contribution < -0.4 is 9.64 Å². The molecule has 1 fully saturated rings. The van der Waals surface area contributed by atoms with Gasteiger partial charge in [0.25, 0.3) is 11.7 Å². The molecule has 1 heterocycles. The van der Waals surface area contributed by atoms with Gasteiger partial charge in [0.05, 0.1) is 18.7 Å². The van der Waals surface area contributed by atoms with Crippen LogP contribution in [0.3, 0.4) is 0 Å². The topological polar surface area (TPSA) is 87.1 Å². The number of rotatable bonds is 4. The highest BCUT2D eigenvalue weighted by atomic mass is 16.5. The fourth-order valence-electron chi connectivity index (χ4n) is 3.62. The number of amides is 1. The van der Waals surface area contributed by atoms with Crippen LogP contribution in [0.25, 0.3) is 5.76 Å². The molecule has 0 saturated carbocycles. The first-order valence-electron chi connectivity index (χ1n) is 9.31. The van der Waals surface area contributed by atoms with E-state index in [9.17, 15) is 19.8 Å². The molecule has 6 nitrogen and oxygen atoms in total. The van der Waals surface area contributed by atoms with Gasteiger partial charge >= 0.3 is 0 Å². The molecule has 0 aliphatic carbocycles. The Morgan fingerprint density at radius 2 is 1.57 bits per heavy atom. The van der Waals surface area contributed by atoms with Crippen molar-refractivity contribution in [3.63, 3.8) is 0 Å². The van der Waals surface area contributed by atoms with Gasteiger partial charge in [-0.1, -0.05) is 54.6 Å². The SMILES string of the molecule is COc1cc(C2C(=C(O)c3ccccc3)C(=O)C(=O)N2c2ccccc2)ccc1O. The highest BCUT2D eigenvalue weighted by molar-refractivity contribution is 6.51. The first-order chi connectivity index (χ1) is 14.5. The van der Waals surface area contributed by atoms with Gasteiger partial charge in [-0.05, 0) is 29.8 Å². The van der Waals surface area contributed by atoms with Gasteiger partial charge in [-0.3, -0.25) is 14.5 Å². The van der Waals surface area contributed by atoms with E-state index >= 15 is 0 Å². The van der Waals surface area contributed by atoms with Crippen molar-refractivity contribution in [1.29, 1.82) is 0 Å². The van der Waals surface area contributed by atoms with Gasteiger partial charge in [0.1, 0.15) is 5.76 Å². The minimum absolute atomic E-state index is 0.0252.